The second-order valence-electron chi connectivity index (χ2n) is 3.46. The van der Waals surface area contributed by atoms with Gasteiger partial charge in [-0.3, -0.25) is 4.79 Å². The molecule has 1 N–H and O–H groups in total. The standard InChI is InChI=1S/C10H15NO3S/c1-11(8-4-6-15-7-5-8)9(12)2-3-10(13)14/h2-3,8H,4-7H2,1H3,(H,13,14)/b3-2+. The molecule has 1 saturated heterocycles. The first-order valence-electron chi connectivity index (χ1n) is 4.87. The average molecular weight is 229 g/mol. The Hall–Kier alpha value is -0.970. The number of rotatable bonds is 3. The zero-order chi connectivity index (χ0) is 11.3. The van der Waals surface area contributed by atoms with Crippen LogP contribution in [0.4, 0.5) is 0 Å². The molecule has 15 heavy (non-hydrogen) atoms. The number of hydrogen-bond donors (Lipinski definition) is 1. The molecule has 0 spiro atoms. The maximum Gasteiger partial charge on any atom is 0.328 e. The van der Waals surface area contributed by atoms with E-state index in [1.165, 1.54) is 0 Å². The van der Waals surface area contributed by atoms with E-state index in [-0.39, 0.29) is 11.9 Å². The number of amides is 1. The number of hydrogen-bond acceptors (Lipinski definition) is 3. The highest BCUT2D eigenvalue weighted by atomic mass is 32.2. The largest absolute Gasteiger partial charge is 0.478 e. The van der Waals surface area contributed by atoms with Crippen molar-refractivity contribution in [2.75, 3.05) is 18.6 Å². The molecule has 84 valence electrons. The summed E-state index contributed by atoms with van der Waals surface area (Å²) in [4.78, 5) is 23.4. The van der Waals surface area contributed by atoms with Gasteiger partial charge in [0.1, 0.15) is 0 Å². The predicted molar refractivity (Wildman–Crippen MR) is 59.9 cm³/mol. The molecular weight excluding hydrogens is 214 g/mol. The molecule has 4 nitrogen and oxygen atoms in total. The van der Waals surface area contributed by atoms with E-state index in [1.54, 1.807) is 11.9 Å². The first kappa shape index (κ1) is 12.1. The van der Waals surface area contributed by atoms with Crippen LogP contribution in [-0.2, 0) is 9.59 Å². The van der Waals surface area contributed by atoms with Gasteiger partial charge in [0, 0.05) is 25.2 Å². The lowest BCUT2D eigenvalue weighted by molar-refractivity contribution is -0.132. The smallest absolute Gasteiger partial charge is 0.328 e. The van der Waals surface area contributed by atoms with Gasteiger partial charge in [0.15, 0.2) is 0 Å². The molecule has 1 aliphatic rings. The summed E-state index contributed by atoms with van der Waals surface area (Å²) >= 11 is 1.90. The van der Waals surface area contributed by atoms with Crippen LogP contribution in [0.1, 0.15) is 12.8 Å². The van der Waals surface area contributed by atoms with Crippen LogP contribution in [0.5, 0.6) is 0 Å². The number of carboxylic acids is 1. The van der Waals surface area contributed by atoms with Gasteiger partial charge in [-0.15, -0.1) is 0 Å². The van der Waals surface area contributed by atoms with Crippen LogP contribution in [0.25, 0.3) is 0 Å². The summed E-state index contributed by atoms with van der Waals surface area (Å²) < 4.78 is 0. The minimum atomic E-state index is -1.09. The summed E-state index contributed by atoms with van der Waals surface area (Å²) in [6.07, 6.45) is 3.99. The molecule has 0 unspecified atom stereocenters. The molecule has 0 aliphatic carbocycles. The Bertz CT molecular complexity index is 272. The first-order valence-corrected chi connectivity index (χ1v) is 6.02. The van der Waals surface area contributed by atoms with Crippen LogP contribution in [-0.4, -0.2) is 46.5 Å². The number of aliphatic carboxylic acids is 1. The van der Waals surface area contributed by atoms with E-state index < -0.39 is 5.97 Å². The highest BCUT2D eigenvalue weighted by Gasteiger charge is 2.20. The van der Waals surface area contributed by atoms with Gasteiger partial charge in [-0.25, -0.2) is 4.79 Å². The van der Waals surface area contributed by atoms with Crippen molar-refractivity contribution in [2.45, 2.75) is 18.9 Å². The molecule has 0 aromatic heterocycles. The number of carboxylic acid groups (broad SMARTS) is 1. The zero-order valence-corrected chi connectivity index (χ0v) is 9.50. The number of carbonyl (C=O) groups is 2. The lowest BCUT2D eigenvalue weighted by atomic mass is 10.1. The molecule has 1 rings (SSSR count). The van der Waals surface area contributed by atoms with E-state index in [1.807, 2.05) is 11.8 Å². The molecule has 5 heteroatoms. The van der Waals surface area contributed by atoms with Crippen molar-refractivity contribution in [3.63, 3.8) is 0 Å². The van der Waals surface area contributed by atoms with Crippen molar-refractivity contribution in [2.24, 2.45) is 0 Å². The van der Waals surface area contributed by atoms with Crippen LogP contribution in [0.3, 0.4) is 0 Å². The normalized spacial score (nSPS) is 17.9. The molecule has 0 atom stereocenters. The summed E-state index contributed by atoms with van der Waals surface area (Å²) in [6, 6.07) is 0.261. The van der Waals surface area contributed by atoms with Crippen molar-refractivity contribution < 1.29 is 14.7 Å². The summed E-state index contributed by atoms with van der Waals surface area (Å²) in [5.74, 6) is 0.834. The summed E-state index contributed by atoms with van der Waals surface area (Å²) in [5.41, 5.74) is 0. The van der Waals surface area contributed by atoms with Crippen molar-refractivity contribution in [1.29, 1.82) is 0 Å². The van der Waals surface area contributed by atoms with Crippen molar-refractivity contribution in [3.8, 4) is 0 Å². The maximum atomic E-state index is 11.5. The Morgan fingerprint density at radius 2 is 1.93 bits per heavy atom. The molecule has 0 aromatic carbocycles. The monoisotopic (exact) mass is 229 g/mol. The van der Waals surface area contributed by atoms with Crippen molar-refractivity contribution in [3.05, 3.63) is 12.2 Å². The minimum Gasteiger partial charge on any atom is -0.478 e. The van der Waals surface area contributed by atoms with Crippen molar-refractivity contribution in [1.82, 2.24) is 4.90 Å². The lowest BCUT2D eigenvalue weighted by Gasteiger charge is -2.30. The fourth-order valence-electron chi connectivity index (χ4n) is 1.51. The van der Waals surface area contributed by atoms with Gasteiger partial charge in [-0.2, -0.15) is 11.8 Å². The molecule has 0 saturated carbocycles. The summed E-state index contributed by atoms with van der Waals surface area (Å²) in [6.45, 7) is 0. The Labute approximate surface area is 93.3 Å². The van der Waals surface area contributed by atoms with Gasteiger partial charge >= 0.3 is 5.97 Å². The second-order valence-corrected chi connectivity index (χ2v) is 4.69. The molecule has 1 aliphatic heterocycles. The third-order valence-corrected chi connectivity index (χ3v) is 3.50. The minimum absolute atomic E-state index is 0.227. The Kier molecular flexibility index (Phi) is 4.68. The number of likely N-dealkylation sites (N-methyl/N-ethyl adjacent to an activating group) is 1. The Balaban J connectivity index is 2.47. The Morgan fingerprint density at radius 3 is 2.47 bits per heavy atom. The molecular formula is C10H15NO3S. The van der Waals surface area contributed by atoms with Gasteiger partial charge < -0.3 is 10.0 Å². The first-order chi connectivity index (χ1) is 7.11. The van der Waals surface area contributed by atoms with E-state index in [9.17, 15) is 9.59 Å². The number of thioether (sulfide) groups is 1. The van der Waals surface area contributed by atoms with Crippen LogP contribution in [0, 0.1) is 0 Å². The van der Waals surface area contributed by atoms with Gasteiger partial charge in [-0.1, -0.05) is 0 Å². The van der Waals surface area contributed by atoms with E-state index in [2.05, 4.69) is 0 Å². The molecule has 0 radical (unpaired) electrons. The lowest BCUT2D eigenvalue weighted by Crippen LogP contribution is -2.38. The molecule has 1 fully saturated rings. The van der Waals surface area contributed by atoms with Crippen LogP contribution in [0.2, 0.25) is 0 Å². The topological polar surface area (TPSA) is 57.6 Å². The van der Waals surface area contributed by atoms with Crippen LogP contribution < -0.4 is 0 Å². The van der Waals surface area contributed by atoms with E-state index in [0.29, 0.717) is 0 Å². The third kappa shape index (κ3) is 3.95. The zero-order valence-electron chi connectivity index (χ0n) is 8.68. The van der Waals surface area contributed by atoms with E-state index in [4.69, 9.17) is 5.11 Å². The van der Waals surface area contributed by atoms with Gasteiger partial charge in [0.05, 0.1) is 0 Å². The maximum absolute atomic E-state index is 11.5. The third-order valence-electron chi connectivity index (χ3n) is 2.45. The van der Waals surface area contributed by atoms with E-state index in [0.717, 1.165) is 36.5 Å². The summed E-state index contributed by atoms with van der Waals surface area (Å²) in [7, 11) is 1.73. The van der Waals surface area contributed by atoms with Gasteiger partial charge in [-0.05, 0) is 24.3 Å². The highest BCUT2D eigenvalue weighted by Crippen LogP contribution is 2.20. The fourth-order valence-corrected chi connectivity index (χ4v) is 2.59. The molecule has 1 amide bonds. The highest BCUT2D eigenvalue weighted by molar-refractivity contribution is 7.99. The fraction of sp³-hybridized carbons (Fsp3) is 0.600. The van der Waals surface area contributed by atoms with Gasteiger partial charge in [0.25, 0.3) is 0 Å². The van der Waals surface area contributed by atoms with Crippen LogP contribution >= 0.6 is 11.8 Å². The van der Waals surface area contributed by atoms with Crippen molar-refractivity contribution >= 4 is 23.6 Å². The van der Waals surface area contributed by atoms with Gasteiger partial charge in [0.2, 0.25) is 5.91 Å². The quantitative estimate of drug-likeness (QED) is 0.733. The SMILES string of the molecule is CN(C(=O)/C=C/C(=O)O)C1CCSCC1. The summed E-state index contributed by atoms with van der Waals surface area (Å²) in [5, 5.41) is 8.39. The molecule has 0 bridgehead atoms. The number of nitrogens with zero attached hydrogens (tertiary/aromatic N) is 1. The predicted octanol–water partition coefficient (Wildman–Crippen LogP) is 0.981. The number of carbonyl (C=O) groups excluding carboxylic acids is 1. The molecule has 0 aromatic rings. The average Bonchev–Trinajstić information content (AvgIpc) is 2.26. The van der Waals surface area contributed by atoms with E-state index >= 15 is 0 Å². The van der Waals surface area contributed by atoms with Crippen LogP contribution in [0.15, 0.2) is 12.2 Å². The second kappa shape index (κ2) is 5.80. The molecule has 1 heterocycles. The Morgan fingerprint density at radius 1 is 1.33 bits per heavy atom.